The van der Waals surface area contributed by atoms with Crippen molar-refractivity contribution in [2.24, 2.45) is 5.92 Å². The first-order valence-corrected chi connectivity index (χ1v) is 5.11. The smallest absolute Gasteiger partial charge is 0.223 e. The molecule has 0 radical (unpaired) electrons. The van der Waals surface area contributed by atoms with Gasteiger partial charge in [0.1, 0.15) is 0 Å². The number of nitrogens with zero attached hydrogens (tertiary/aromatic N) is 1. The lowest BCUT2D eigenvalue weighted by atomic mass is 9.98. The molecule has 1 fully saturated rings. The highest BCUT2D eigenvalue weighted by atomic mass is 35.5. The Hall–Kier alpha value is -0.680. The molecule has 1 aliphatic heterocycles. The van der Waals surface area contributed by atoms with Gasteiger partial charge >= 0.3 is 0 Å². The molecule has 0 aliphatic carbocycles. The third kappa shape index (κ3) is 2.93. The number of hydrogen-bond donors (Lipinski definition) is 0. The molecule has 3 heteroatoms. The molecule has 0 unspecified atom stereocenters. The average molecular weight is 200 g/mol. The van der Waals surface area contributed by atoms with Crippen LogP contribution in [0.4, 0.5) is 0 Å². The van der Waals surface area contributed by atoms with Crippen LogP contribution in [-0.4, -0.2) is 29.8 Å². The molecule has 0 aromatic rings. The molecule has 1 heterocycles. The number of carbonyl (C=O) groups excluding carboxylic acids is 1. The number of rotatable bonds is 2. The van der Waals surface area contributed by atoms with Crippen LogP contribution in [0, 0.1) is 18.3 Å². The molecule has 0 aromatic heterocycles. The zero-order valence-electron chi connectivity index (χ0n) is 7.63. The van der Waals surface area contributed by atoms with E-state index in [9.17, 15) is 4.79 Å². The van der Waals surface area contributed by atoms with Crippen LogP contribution in [0.5, 0.6) is 0 Å². The van der Waals surface area contributed by atoms with Gasteiger partial charge in [-0.3, -0.25) is 4.79 Å². The van der Waals surface area contributed by atoms with Crippen LogP contribution in [0.1, 0.15) is 19.3 Å². The number of amides is 1. The number of terminal acetylenes is 1. The van der Waals surface area contributed by atoms with Crippen LogP contribution < -0.4 is 0 Å². The van der Waals surface area contributed by atoms with Gasteiger partial charge in [-0.1, -0.05) is 0 Å². The molecule has 72 valence electrons. The Kier molecular flexibility index (Phi) is 4.11. The summed E-state index contributed by atoms with van der Waals surface area (Å²) in [6.45, 7) is 1.59. The number of halogens is 1. The monoisotopic (exact) mass is 199 g/mol. The van der Waals surface area contributed by atoms with Crippen molar-refractivity contribution in [3.8, 4) is 12.3 Å². The van der Waals surface area contributed by atoms with Gasteiger partial charge in [-0.15, -0.1) is 23.9 Å². The van der Waals surface area contributed by atoms with Crippen molar-refractivity contribution < 1.29 is 4.79 Å². The third-order valence-electron chi connectivity index (χ3n) is 2.39. The van der Waals surface area contributed by atoms with E-state index in [2.05, 4.69) is 5.92 Å². The van der Waals surface area contributed by atoms with Gasteiger partial charge in [0.2, 0.25) is 5.91 Å². The minimum atomic E-state index is 0.158. The summed E-state index contributed by atoms with van der Waals surface area (Å²) in [5.41, 5.74) is 0. The zero-order valence-corrected chi connectivity index (χ0v) is 8.39. The molecule has 1 amide bonds. The molecular formula is C10H14ClNO. The van der Waals surface area contributed by atoms with Crippen LogP contribution in [0.15, 0.2) is 0 Å². The number of carbonyl (C=O) groups is 1. The third-order valence-corrected chi connectivity index (χ3v) is 2.58. The molecule has 13 heavy (non-hydrogen) atoms. The summed E-state index contributed by atoms with van der Waals surface area (Å²) in [6.07, 6.45) is 7.63. The first kappa shape index (κ1) is 10.4. The second-order valence-electron chi connectivity index (χ2n) is 3.26. The van der Waals surface area contributed by atoms with Gasteiger partial charge in [0.15, 0.2) is 0 Å². The lowest BCUT2D eigenvalue weighted by Gasteiger charge is -2.29. The summed E-state index contributed by atoms with van der Waals surface area (Å²) in [4.78, 5) is 13.2. The maximum Gasteiger partial charge on any atom is 0.223 e. The largest absolute Gasteiger partial charge is 0.343 e. The van der Waals surface area contributed by atoms with E-state index in [4.69, 9.17) is 18.0 Å². The Morgan fingerprint density at radius 2 is 2.15 bits per heavy atom. The SMILES string of the molecule is C#CC1CCN(C(=O)CCCl)CC1. The summed E-state index contributed by atoms with van der Waals surface area (Å²) in [5.74, 6) is 3.66. The summed E-state index contributed by atoms with van der Waals surface area (Å²) in [5, 5.41) is 0. The normalized spacial score (nSPS) is 18.3. The van der Waals surface area contributed by atoms with Crippen molar-refractivity contribution in [1.29, 1.82) is 0 Å². The van der Waals surface area contributed by atoms with Gasteiger partial charge in [0, 0.05) is 31.3 Å². The molecule has 0 bridgehead atoms. The van der Waals surface area contributed by atoms with E-state index in [1.165, 1.54) is 0 Å². The van der Waals surface area contributed by atoms with E-state index in [-0.39, 0.29) is 5.91 Å². The van der Waals surface area contributed by atoms with Crippen LogP contribution in [0.3, 0.4) is 0 Å². The van der Waals surface area contributed by atoms with Crippen LogP contribution in [0.2, 0.25) is 0 Å². The Morgan fingerprint density at radius 1 is 1.54 bits per heavy atom. The molecule has 1 aliphatic rings. The Labute approximate surface area is 84.2 Å². The Morgan fingerprint density at radius 3 is 2.62 bits per heavy atom. The van der Waals surface area contributed by atoms with Gasteiger partial charge in [-0.2, -0.15) is 0 Å². The number of hydrogen-bond acceptors (Lipinski definition) is 1. The molecule has 0 N–H and O–H groups in total. The van der Waals surface area contributed by atoms with Crippen molar-refractivity contribution in [2.45, 2.75) is 19.3 Å². The average Bonchev–Trinajstić information content (AvgIpc) is 2.18. The van der Waals surface area contributed by atoms with Crippen LogP contribution >= 0.6 is 11.6 Å². The topological polar surface area (TPSA) is 20.3 Å². The number of alkyl halides is 1. The highest BCUT2D eigenvalue weighted by Gasteiger charge is 2.20. The molecule has 1 rings (SSSR count). The second-order valence-corrected chi connectivity index (χ2v) is 3.64. The van der Waals surface area contributed by atoms with Gasteiger partial charge < -0.3 is 4.90 Å². The number of piperidine rings is 1. The van der Waals surface area contributed by atoms with E-state index >= 15 is 0 Å². The van der Waals surface area contributed by atoms with Crippen molar-refractivity contribution in [3.63, 3.8) is 0 Å². The molecule has 0 atom stereocenters. The quantitative estimate of drug-likeness (QED) is 0.488. The Balaban J connectivity index is 2.33. The van der Waals surface area contributed by atoms with Gasteiger partial charge in [-0.25, -0.2) is 0 Å². The lowest BCUT2D eigenvalue weighted by Crippen LogP contribution is -2.38. The first-order valence-electron chi connectivity index (χ1n) is 4.57. The maximum absolute atomic E-state index is 11.4. The molecule has 2 nitrogen and oxygen atoms in total. The van der Waals surface area contributed by atoms with E-state index in [1.807, 2.05) is 4.90 Å². The minimum Gasteiger partial charge on any atom is -0.343 e. The van der Waals surface area contributed by atoms with E-state index in [0.29, 0.717) is 18.2 Å². The summed E-state index contributed by atoms with van der Waals surface area (Å²) in [6, 6.07) is 0. The van der Waals surface area contributed by atoms with Crippen molar-refractivity contribution >= 4 is 17.5 Å². The van der Waals surface area contributed by atoms with Crippen LogP contribution in [0.25, 0.3) is 0 Å². The second kappa shape index (κ2) is 5.14. The zero-order chi connectivity index (χ0) is 9.68. The van der Waals surface area contributed by atoms with Gasteiger partial charge in [-0.05, 0) is 12.8 Å². The predicted octanol–water partition coefficient (Wildman–Crippen LogP) is 1.49. The fourth-order valence-corrected chi connectivity index (χ4v) is 1.70. The van der Waals surface area contributed by atoms with E-state index < -0.39 is 0 Å². The van der Waals surface area contributed by atoms with Gasteiger partial charge in [0.25, 0.3) is 0 Å². The molecule has 0 aromatic carbocycles. The summed E-state index contributed by atoms with van der Waals surface area (Å²) >= 11 is 5.49. The predicted molar refractivity (Wildman–Crippen MR) is 53.5 cm³/mol. The molecule has 0 spiro atoms. The highest BCUT2D eigenvalue weighted by molar-refractivity contribution is 6.18. The van der Waals surface area contributed by atoms with Gasteiger partial charge in [0.05, 0.1) is 0 Å². The minimum absolute atomic E-state index is 0.158. The van der Waals surface area contributed by atoms with E-state index in [1.54, 1.807) is 0 Å². The highest BCUT2D eigenvalue weighted by Crippen LogP contribution is 2.16. The summed E-state index contributed by atoms with van der Waals surface area (Å²) in [7, 11) is 0. The van der Waals surface area contributed by atoms with Crippen LogP contribution in [-0.2, 0) is 4.79 Å². The molecule has 1 saturated heterocycles. The standard InChI is InChI=1S/C10H14ClNO/c1-2-9-4-7-12(8-5-9)10(13)3-6-11/h1,9H,3-8H2. The lowest BCUT2D eigenvalue weighted by molar-refractivity contribution is -0.131. The molecular weight excluding hydrogens is 186 g/mol. The van der Waals surface area contributed by atoms with Crippen molar-refractivity contribution in [1.82, 2.24) is 4.90 Å². The Bertz CT molecular complexity index is 213. The van der Waals surface area contributed by atoms with E-state index in [0.717, 1.165) is 25.9 Å². The molecule has 0 saturated carbocycles. The summed E-state index contributed by atoms with van der Waals surface area (Å²) < 4.78 is 0. The van der Waals surface area contributed by atoms with Crippen molar-refractivity contribution in [3.05, 3.63) is 0 Å². The van der Waals surface area contributed by atoms with Crippen molar-refractivity contribution in [2.75, 3.05) is 19.0 Å². The fourth-order valence-electron chi connectivity index (χ4n) is 1.53. The maximum atomic E-state index is 11.4. The fraction of sp³-hybridized carbons (Fsp3) is 0.700. The first-order chi connectivity index (χ1) is 6.27. The number of likely N-dealkylation sites (tertiary alicyclic amines) is 1.